The lowest BCUT2D eigenvalue weighted by atomic mass is 9.99. The Labute approximate surface area is 119 Å². The summed E-state index contributed by atoms with van der Waals surface area (Å²) in [6, 6.07) is 3.07. The zero-order valence-corrected chi connectivity index (χ0v) is 11.2. The number of urea groups is 1. The Morgan fingerprint density at radius 2 is 2.10 bits per heavy atom. The number of imide groups is 1. The summed E-state index contributed by atoms with van der Waals surface area (Å²) < 4.78 is 31.2. The van der Waals surface area contributed by atoms with Gasteiger partial charge in [-0.15, -0.1) is 0 Å². The van der Waals surface area contributed by atoms with Gasteiger partial charge in [0.1, 0.15) is 5.54 Å². The smallest absolute Gasteiger partial charge is 0.325 e. The Hall–Kier alpha value is -2.02. The molecule has 1 spiro atoms. The van der Waals surface area contributed by atoms with Crippen molar-refractivity contribution in [2.45, 2.75) is 18.4 Å². The molecule has 7 heteroatoms. The normalized spacial score (nSPS) is 25.0. The zero-order valence-electron chi connectivity index (χ0n) is 11.2. The SMILES string of the molecule is O=C1N[C@]2(CCOC2)C(=O)N1CCc1ccc(F)c(F)c1. The zero-order chi connectivity index (χ0) is 15.0. The number of benzene rings is 1. The van der Waals surface area contributed by atoms with Crippen LogP contribution in [0.2, 0.25) is 0 Å². The van der Waals surface area contributed by atoms with Crippen molar-refractivity contribution < 1.29 is 23.1 Å². The number of carbonyl (C=O) groups excluding carboxylic acids is 2. The van der Waals surface area contributed by atoms with Gasteiger partial charge >= 0.3 is 6.03 Å². The highest BCUT2D eigenvalue weighted by Gasteiger charge is 2.53. The van der Waals surface area contributed by atoms with E-state index in [-0.39, 0.29) is 25.5 Å². The molecule has 3 amide bonds. The Morgan fingerprint density at radius 1 is 1.29 bits per heavy atom. The highest BCUT2D eigenvalue weighted by Crippen LogP contribution is 2.27. The average Bonchev–Trinajstić information content (AvgIpc) is 3.00. The number of halogens is 2. The quantitative estimate of drug-likeness (QED) is 0.853. The molecule has 21 heavy (non-hydrogen) atoms. The monoisotopic (exact) mass is 296 g/mol. The number of hydrogen-bond acceptors (Lipinski definition) is 3. The van der Waals surface area contributed by atoms with Crippen LogP contribution in [0.25, 0.3) is 0 Å². The highest BCUT2D eigenvalue weighted by atomic mass is 19.2. The third kappa shape index (κ3) is 2.37. The second-order valence-electron chi connectivity index (χ2n) is 5.27. The Bertz CT molecular complexity index is 600. The molecule has 0 aromatic heterocycles. The average molecular weight is 296 g/mol. The fraction of sp³-hybridized carbons (Fsp3) is 0.429. The van der Waals surface area contributed by atoms with Gasteiger partial charge in [-0.1, -0.05) is 6.07 Å². The molecule has 2 fully saturated rings. The van der Waals surface area contributed by atoms with Crippen molar-refractivity contribution in [2.24, 2.45) is 0 Å². The number of nitrogens with zero attached hydrogens (tertiary/aromatic N) is 1. The number of ether oxygens (including phenoxy) is 1. The van der Waals surface area contributed by atoms with Gasteiger partial charge in [-0.25, -0.2) is 13.6 Å². The van der Waals surface area contributed by atoms with Crippen LogP contribution in [0.3, 0.4) is 0 Å². The minimum absolute atomic E-state index is 0.123. The molecule has 0 saturated carbocycles. The summed E-state index contributed by atoms with van der Waals surface area (Å²) in [7, 11) is 0. The van der Waals surface area contributed by atoms with Crippen molar-refractivity contribution in [2.75, 3.05) is 19.8 Å². The van der Waals surface area contributed by atoms with Crippen molar-refractivity contribution >= 4 is 11.9 Å². The molecule has 2 aliphatic rings. The van der Waals surface area contributed by atoms with E-state index in [4.69, 9.17) is 4.74 Å². The Morgan fingerprint density at radius 3 is 2.76 bits per heavy atom. The van der Waals surface area contributed by atoms with Gasteiger partial charge in [-0.3, -0.25) is 9.69 Å². The molecular formula is C14H14F2N2O3. The number of nitrogens with one attached hydrogen (secondary N) is 1. The molecule has 1 aromatic rings. The topological polar surface area (TPSA) is 58.6 Å². The van der Waals surface area contributed by atoms with E-state index in [0.29, 0.717) is 18.6 Å². The third-order valence-electron chi connectivity index (χ3n) is 3.88. The maximum absolute atomic E-state index is 13.1. The molecule has 3 rings (SSSR count). The van der Waals surface area contributed by atoms with Gasteiger partial charge in [-0.05, 0) is 24.1 Å². The first-order chi connectivity index (χ1) is 10.0. The summed E-state index contributed by atoms with van der Waals surface area (Å²) >= 11 is 0. The van der Waals surface area contributed by atoms with Gasteiger partial charge in [0.05, 0.1) is 6.61 Å². The van der Waals surface area contributed by atoms with Crippen LogP contribution in [0, 0.1) is 11.6 Å². The molecule has 0 unspecified atom stereocenters. The minimum Gasteiger partial charge on any atom is -0.378 e. The van der Waals surface area contributed by atoms with Crippen molar-refractivity contribution in [3.8, 4) is 0 Å². The molecule has 0 bridgehead atoms. The lowest BCUT2D eigenvalue weighted by molar-refractivity contribution is -0.131. The van der Waals surface area contributed by atoms with Gasteiger partial charge in [0.25, 0.3) is 5.91 Å². The summed E-state index contributed by atoms with van der Waals surface area (Å²) in [4.78, 5) is 25.3. The van der Waals surface area contributed by atoms with E-state index in [0.717, 1.165) is 17.0 Å². The van der Waals surface area contributed by atoms with E-state index in [2.05, 4.69) is 5.32 Å². The standard InChI is InChI=1S/C14H14F2N2O3/c15-10-2-1-9(7-11(10)16)3-5-18-12(19)14(17-13(18)20)4-6-21-8-14/h1-2,7H,3-6,8H2,(H,17,20)/t14-/m0/s1. The maximum Gasteiger partial charge on any atom is 0.325 e. The predicted octanol–water partition coefficient (Wildman–Crippen LogP) is 1.22. The van der Waals surface area contributed by atoms with Crippen molar-refractivity contribution in [3.63, 3.8) is 0 Å². The first-order valence-electron chi connectivity index (χ1n) is 6.68. The molecule has 5 nitrogen and oxygen atoms in total. The number of hydrogen-bond donors (Lipinski definition) is 1. The second kappa shape index (κ2) is 5.07. The highest BCUT2D eigenvalue weighted by molar-refractivity contribution is 6.07. The van der Waals surface area contributed by atoms with E-state index in [1.54, 1.807) is 0 Å². The van der Waals surface area contributed by atoms with Gasteiger partial charge in [0.15, 0.2) is 11.6 Å². The van der Waals surface area contributed by atoms with Crippen LogP contribution in [-0.4, -0.2) is 42.1 Å². The first kappa shape index (κ1) is 13.9. The summed E-state index contributed by atoms with van der Waals surface area (Å²) in [5, 5.41) is 2.66. The molecule has 2 saturated heterocycles. The third-order valence-corrected chi connectivity index (χ3v) is 3.88. The first-order valence-corrected chi connectivity index (χ1v) is 6.68. The molecule has 2 heterocycles. The summed E-state index contributed by atoms with van der Waals surface area (Å²) in [6.45, 7) is 0.736. The molecule has 0 radical (unpaired) electrons. The van der Waals surface area contributed by atoms with E-state index >= 15 is 0 Å². The summed E-state index contributed by atoms with van der Waals surface area (Å²) in [5.74, 6) is -2.17. The fourth-order valence-electron chi connectivity index (χ4n) is 2.65. The Balaban J connectivity index is 1.69. The molecule has 2 aliphatic heterocycles. The van der Waals surface area contributed by atoms with Crippen molar-refractivity contribution in [1.29, 1.82) is 0 Å². The maximum atomic E-state index is 13.1. The van der Waals surface area contributed by atoms with E-state index in [1.165, 1.54) is 6.07 Å². The van der Waals surface area contributed by atoms with Crippen molar-refractivity contribution in [1.82, 2.24) is 10.2 Å². The molecule has 1 atom stereocenters. The van der Waals surface area contributed by atoms with E-state index < -0.39 is 23.2 Å². The number of carbonyl (C=O) groups is 2. The molecule has 112 valence electrons. The van der Waals surface area contributed by atoms with Crippen LogP contribution in [0.5, 0.6) is 0 Å². The number of rotatable bonds is 3. The minimum atomic E-state index is -0.939. The van der Waals surface area contributed by atoms with Gasteiger partial charge in [0.2, 0.25) is 0 Å². The van der Waals surface area contributed by atoms with Gasteiger partial charge < -0.3 is 10.1 Å². The van der Waals surface area contributed by atoms with Crippen molar-refractivity contribution in [3.05, 3.63) is 35.4 Å². The summed E-state index contributed by atoms with van der Waals surface area (Å²) in [5.41, 5.74) is -0.413. The largest absolute Gasteiger partial charge is 0.378 e. The van der Waals surface area contributed by atoms with Gasteiger partial charge in [-0.2, -0.15) is 0 Å². The number of amides is 3. The van der Waals surface area contributed by atoms with Crippen LogP contribution in [0.4, 0.5) is 13.6 Å². The van der Waals surface area contributed by atoms with Crippen LogP contribution in [0.1, 0.15) is 12.0 Å². The summed E-state index contributed by atoms with van der Waals surface area (Å²) in [6.07, 6.45) is 0.729. The fourth-order valence-corrected chi connectivity index (χ4v) is 2.65. The predicted molar refractivity (Wildman–Crippen MR) is 68.5 cm³/mol. The van der Waals surface area contributed by atoms with Crippen LogP contribution in [0.15, 0.2) is 18.2 Å². The Kier molecular flexibility index (Phi) is 3.36. The molecule has 1 N–H and O–H groups in total. The molecular weight excluding hydrogens is 282 g/mol. The van der Waals surface area contributed by atoms with Crippen LogP contribution in [-0.2, 0) is 16.0 Å². The molecule has 0 aliphatic carbocycles. The van der Waals surface area contributed by atoms with E-state index in [1.807, 2.05) is 0 Å². The van der Waals surface area contributed by atoms with Crippen LogP contribution >= 0.6 is 0 Å². The lowest BCUT2D eigenvalue weighted by Gasteiger charge is -2.18. The second-order valence-corrected chi connectivity index (χ2v) is 5.27. The van der Waals surface area contributed by atoms with Gasteiger partial charge in [0, 0.05) is 19.6 Å². The lowest BCUT2D eigenvalue weighted by Crippen LogP contribution is -2.47. The van der Waals surface area contributed by atoms with E-state index in [9.17, 15) is 18.4 Å². The molecule has 1 aromatic carbocycles. The van der Waals surface area contributed by atoms with Crippen LogP contribution < -0.4 is 5.32 Å².